The number of nitrogens with zero attached hydrogens (tertiary/aromatic N) is 2. The zero-order chi connectivity index (χ0) is 25.5. The predicted octanol–water partition coefficient (Wildman–Crippen LogP) is 4.41. The van der Waals surface area contributed by atoms with Crippen molar-refractivity contribution in [2.75, 3.05) is 25.0 Å². The van der Waals surface area contributed by atoms with Crippen LogP contribution >= 0.6 is 0 Å². The molecule has 2 fully saturated rings. The molecule has 0 radical (unpaired) electrons. The minimum absolute atomic E-state index is 0.00429. The molecule has 0 bridgehead atoms. The van der Waals surface area contributed by atoms with Crippen LogP contribution in [-0.4, -0.2) is 59.4 Å². The fourth-order valence-corrected chi connectivity index (χ4v) is 5.00. The van der Waals surface area contributed by atoms with Crippen LogP contribution in [0, 0.1) is 0 Å². The van der Waals surface area contributed by atoms with Crippen molar-refractivity contribution < 1.29 is 19.1 Å². The number of benzene rings is 2. The van der Waals surface area contributed by atoms with Crippen LogP contribution in [0.5, 0.6) is 5.75 Å². The van der Waals surface area contributed by atoms with Crippen LogP contribution in [0.15, 0.2) is 48.5 Å². The molecule has 8 nitrogen and oxygen atoms in total. The SMILES string of the molecule is CC1CCCC(C)N1C(=O)COc1ccc(C(=O)NCc2cccc(NC(=O)N3CCCC3)c2)cc1. The van der Waals surface area contributed by atoms with E-state index in [1.54, 1.807) is 24.3 Å². The lowest BCUT2D eigenvalue weighted by atomic mass is 9.97. The van der Waals surface area contributed by atoms with Gasteiger partial charge in [0.25, 0.3) is 11.8 Å². The molecule has 0 aromatic heterocycles. The Bertz CT molecular complexity index is 1060. The summed E-state index contributed by atoms with van der Waals surface area (Å²) in [6.45, 7) is 6.08. The van der Waals surface area contributed by atoms with Crippen molar-refractivity contribution in [3.05, 3.63) is 59.7 Å². The van der Waals surface area contributed by atoms with Crippen molar-refractivity contribution in [3.63, 3.8) is 0 Å². The molecule has 2 aliphatic heterocycles. The van der Waals surface area contributed by atoms with E-state index in [0.29, 0.717) is 23.5 Å². The van der Waals surface area contributed by atoms with Gasteiger partial charge in [0.05, 0.1) is 0 Å². The van der Waals surface area contributed by atoms with E-state index in [0.717, 1.165) is 50.8 Å². The average molecular weight is 493 g/mol. The number of carbonyl (C=O) groups excluding carboxylic acids is 3. The summed E-state index contributed by atoms with van der Waals surface area (Å²) in [7, 11) is 0. The van der Waals surface area contributed by atoms with E-state index in [4.69, 9.17) is 4.74 Å². The Morgan fingerprint density at radius 3 is 2.33 bits per heavy atom. The van der Waals surface area contributed by atoms with Gasteiger partial charge in [0.1, 0.15) is 5.75 Å². The summed E-state index contributed by atoms with van der Waals surface area (Å²) in [4.78, 5) is 41.3. The van der Waals surface area contributed by atoms with Crippen molar-refractivity contribution in [1.82, 2.24) is 15.1 Å². The lowest BCUT2D eigenvalue weighted by molar-refractivity contribution is -0.139. The van der Waals surface area contributed by atoms with E-state index < -0.39 is 0 Å². The molecule has 2 aliphatic rings. The molecule has 2 aromatic rings. The summed E-state index contributed by atoms with van der Waals surface area (Å²) in [5, 5.41) is 5.84. The molecule has 192 valence electrons. The minimum atomic E-state index is -0.208. The van der Waals surface area contributed by atoms with Crippen molar-refractivity contribution in [2.24, 2.45) is 0 Å². The van der Waals surface area contributed by atoms with Gasteiger partial charge in [0, 0.05) is 43.0 Å². The number of nitrogens with one attached hydrogen (secondary N) is 2. The third-order valence-corrected chi connectivity index (χ3v) is 6.98. The molecular formula is C28H36N4O4. The number of hydrogen-bond acceptors (Lipinski definition) is 4. The van der Waals surface area contributed by atoms with Crippen molar-refractivity contribution in [3.8, 4) is 5.75 Å². The van der Waals surface area contributed by atoms with E-state index in [1.165, 1.54) is 0 Å². The van der Waals surface area contributed by atoms with Gasteiger partial charge in [-0.3, -0.25) is 9.59 Å². The number of carbonyl (C=O) groups is 3. The maximum atomic E-state index is 12.6. The van der Waals surface area contributed by atoms with Crippen LogP contribution in [0.3, 0.4) is 0 Å². The Morgan fingerprint density at radius 2 is 1.64 bits per heavy atom. The van der Waals surface area contributed by atoms with Gasteiger partial charge in [0.2, 0.25) is 0 Å². The Morgan fingerprint density at radius 1 is 0.944 bits per heavy atom. The third kappa shape index (κ3) is 6.56. The number of amides is 4. The standard InChI is InChI=1S/C28H36N4O4/c1-20-7-5-8-21(2)32(20)26(33)19-36-25-13-11-23(12-14-25)27(34)29-18-22-9-6-10-24(17-22)30-28(35)31-15-3-4-16-31/h6,9-14,17,20-21H,3-5,7-8,15-16,18-19H2,1-2H3,(H,29,34)(H,30,35). The molecule has 2 unspecified atom stereocenters. The van der Waals surface area contributed by atoms with Gasteiger partial charge in [-0.05, 0) is 87.9 Å². The summed E-state index contributed by atoms with van der Waals surface area (Å²) in [5.41, 5.74) is 2.11. The Hall–Kier alpha value is -3.55. The topological polar surface area (TPSA) is 91.0 Å². The number of urea groups is 1. The van der Waals surface area contributed by atoms with E-state index in [-0.39, 0.29) is 36.5 Å². The third-order valence-electron chi connectivity index (χ3n) is 6.98. The summed E-state index contributed by atoms with van der Waals surface area (Å²) in [6, 6.07) is 14.7. The largest absolute Gasteiger partial charge is 0.484 e. The van der Waals surface area contributed by atoms with Gasteiger partial charge in [0.15, 0.2) is 6.61 Å². The number of likely N-dealkylation sites (tertiary alicyclic amines) is 2. The van der Waals surface area contributed by atoms with Gasteiger partial charge >= 0.3 is 6.03 Å². The molecule has 0 saturated carbocycles. The van der Waals surface area contributed by atoms with Gasteiger partial charge in [-0.2, -0.15) is 0 Å². The first kappa shape index (κ1) is 25.5. The number of anilines is 1. The zero-order valence-corrected chi connectivity index (χ0v) is 21.2. The van der Waals surface area contributed by atoms with Crippen LogP contribution in [0.1, 0.15) is 61.9 Å². The van der Waals surface area contributed by atoms with Crippen molar-refractivity contribution in [1.29, 1.82) is 0 Å². The highest BCUT2D eigenvalue weighted by Gasteiger charge is 2.29. The number of ether oxygens (including phenoxy) is 1. The molecule has 4 rings (SSSR count). The Labute approximate surface area is 213 Å². The lowest BCUT2D eigenvalue weighted by Crippen LogP contribution is -2.49. The molecule has 2 aromatic carbocycles. The molecule has 2 N–H and O–H groups in total. The highest BCUT2D eigenvalue weighted by molar-refractivity contribution is 5.94. The first-order valence-corrected chi connectivity index (χ1v) is 12.9. The van der Waals surface area contributed by atoms with E-state index >= 15 is 0 Å². The fourth-order valence-electron chi connectivity index (χ4n) is 5.00. The summed E-state index contributed by atoms with van der Waals surface area (Å²) in [5.74, 6) is 0.342. The monoisotopic (exact) mass is 492 g/mol. The highest BCUT2D eigenvalue weighted by atomic mass is 16.5. The van der Waals surface area contributed by atoms with Crippen LogP contribution in [0.2, 0.25) is 0 Å². The zero-order valence-electron chi connectivity index (χ0n) is 21.2. The second-order valence-corrected chi connectivity index (χ2v) is 9.75. The van der Waals surface area contributed by atoms with Crippen molar-refractivity contribution >= 4 is 23.5 Å². The normalized spacial score (nSPS) is 19.6. The first-order chi connectivity index (χ1) is 17.4. The molecule has 2 heterocycles. The molecule has 2 atom stereocenters. The summed E-state index contributed by atoms with van der Waals surface area (Å²) < 4.78 is 5.70. The fraction of sp³-hybridized carbons (Fsp3) is 0.464. The Balaban J connectivity index is 1.25. The lowest BCUT2D eigenvalue weighted by Gasteiger charge is -2.38. The second-order valence-electron chi connectivity index (χ2n) is 9.75. The molecule has 0 spiro atoms. The molecule has 2 saturated heterocycles. The molecule has 8 heteroatoms. The maximum absolute atomic E-state index is 12.6. The van der Waals surface area contributed by atoms with Gasteiger partial charge in [-0.1, -0.05) is 12.1 Å². The van der Waals surface area contributed by atoms with Gasteiger partial charge in [-0.15, -0.1) is 0 Å². The number of hydrogen-bond donors (Lipinski definition) is 2. The quantitative estimate of drug-likeness (QED) is 0.599. The second kappa shape index (κ2) is 11.9. The van der Waals surface area contributed by atoms with Gasteiger partial charge in [-0.25, -0.2) is 4.79 Å². The average Bonchev–Trinajstić information content (AvgIpc) is 3.42. The van der Waals surface area contributed by atoms with Crippen molar-refractivity contribution in [2.45, 2.75) is 64.6 Å². The Kier molecular flexibility index (Phi) is 8.46. The van der Waals surface area contributed by atoms with E-state index in [1.807, 2.05) is 34.1 Å². The molecule has 0 aliphatic carbocycles. The number of rotatable bonds is 7. The maximum Gasteiger partial charge on any atom is 0.321 e. The van der Waals surface area contributed by atoms with Crippen LogP contribution in [0.25, 0.3) is 0 Å². The van der Waals surface area contributed by atoms with Gasteiger partial charge < -0.3 is 25.2 Å². The van der Waals surface area contributed by atoms with E-state index in [2.05, 4.69) is 24.5 Å². The summed E-state index contributed by atoms with van der Waals surface area (Å²) in [6.07, 6.45) is 5.29. The molecular weight excluding hydrogens is 456 g/mol. The number of piperidine rings is 1. The predicted molar refractivity (Wildman–Crippen MR) is 139 cm³/mol. The summed E-state index contributed by atoms with van der Waals surface area (Å²) >= 11 is 0. The first-order valence-electron chi connectivity index (χ1n) is 12.9. The minimum Gasteiger partial charge on any atom is -0.484 e. The molecule has 4 amide bonds. The van der Waals surface area contributed by atoms with E-state index in [9.17, 15) is 14.4 Å². The van der Waals surface area contributed by atoms with Crippen LogP contribution < -0.4 is 15.4 Å². The molecule has 36 heavy (non-hydrogen) atoms. The smallest absolute Gasteiger partial charge is 0.321 e. The highest BCUT2D eigenvalue weighted by Crippen LogP contribution is 2.23. The van der Waals surface area contributed by atoms with Crippen LogP contribution in [-0.2, 0) is 11.3 Å². The van der Waals surface area contributed by atoms with Crippen LogP contribution in [0.4, 0.5) is 10.5 Å².